The molecule has 0 saturated carbocycles. The molecule has 2 aliphatic carbocycles. The molecule has 0 amide bonds. The molecule has 0 bridgehead atoms. The minimum Gasteiger partial charge on any atom is -0.0622 e. The topological polar surface area (TPSA) is 0 Å². The van der Waals surface area contributed by atoms with Gasteiger partial charge in [-0.15, -0.1) is 0 Å². The Morgan fingerprint density at radius 1 is 0.818 bits per heavy atom. The van der Waals surface area contributed by atoms with Crippen LogP contribution in [0, 0.1) is 3.57 Å². The Labute approximate surface area is 79.7 Å². The Morgan fingerprint density at radius 3 is 2.55 bits per heavy atom. The van der Waals surface area contributed by atoms with Gasteiger partial charge in [0.05, 0.1) is 0 Å². The fourth-order valence-electron chi connectivity index (χ4n) is 1.18. The van der Waals surface area contributed by atoms with E-state index >= 15 is 0 Å². The molecule has 11 heavy (non-hydrogen) atoms. The molecule has 2 aliphatic rings. The van der Waals surface area contributed by atoms with Crippen molar-refractivity contribution in [2.45, 2.75) is 0 Å². The molecule has 0 aromatic rings. The lowest BCUT2D eigenvalue weighted by Crippen LogP contribution is -1.66. The summed E-state index contributed by atoms with van der Waals surface area (Å²) in [5.74, 6) is 0. The first-order valence-electron chi connectivity index (χ1n) is 3.51. The van der Waals surface area contributed by atoms with Crippen molar-refractivity contribution in [3.63, 3.8) is 0 Å². The zero-order valence-electron chi connectivity index (χ0n) is 5.92. The zero-order chi connectivity index (χ0) is 7.68. The molecule has 0 aromatic heterocycles. The molecule has 0 saturated heterocycles. The fourth-order valence-corrected chi connectivity index (χ4v) is 1.85. The molecule has 0 N–H and O–H groups in total. The molecular formula is C10H7I. The zero-order valence-corrected chi connectivity index (χ0v) is 8.08. The molecule has 0 atom stereocenters. The van der Waals surface area contributed by atoms with Crippen LogP contribution in [-0.2, 0) is 0 Å². The first kappa shape index (κ1) is 7.10. The Balaban J connectivity index is 2.75. The summed E-state index contributed by atoms with van der Waals surface area (Å²) in [5, 5.41) is 0. The number of halogens is 1. The van der Waals surface area contributed by atoms with Crippen LogP contribution in [-0.4, -0.2) is 0 Å². The molecule has 0 nitrogen and oxygen atoms in total. The quantitative estimate of drug-likeness (QED) is 0.632. The maximum Gasteiger partial charge on any atom is 0.0208 e. The third kappa shape index (κ3) is 1.25. The summed E-state index contributed by atoms with van der Waals surface area (Å²) in [6.45, 7) is 0. The van der Waals surface area contributed by atoms with Gasteiger partial charge in [-0.2, -0.15) is 0 Å². The van der Waals surface area contributed by atoms with Crippen molar-refractivity contribution in [1.82, 2.24) is 0 Å². The summed E-state index contributed by atoms with van der Waals surface area (Å²) in [7, 11) is 0. The van der Waals surface area contributed by atoms with Crippen molar-refractivity contribution in [3.05, 3.63) is 46.0 Å². The fraction of sp³-hybridized carbons (Fsp3) is 0. The van der Waals surface area contributed by atoms with E-state index in [9.17, 15) is 0 Å². The smallest absolute Gasteiger partial charge is 0.0208 e. The summed E-state index contributed by atoms with van der Waals surface area (Å²) in [4.78, 5) is 0. The van der Waals surface area contributed by atoms with E-state index < -0.39 is 0 Å². The van der Waals surface area contributed by atoms with Crippen molar-refractivity contribution in [1.29, 1.82) is 0 Å². The van der Waals surface area contributed by atoms with E-state index in [2.05, 4.69) is 65.1 Å². The summed E-state index contributed by atoms with van der Waals surface area (Å²) in [5.41, 5.74) is 2.66. The summed E-state index contributed by atoms with van der Waals surface area (Å²) in [6, 6.07) is 14.8. The number of rotatable bonds is 0. The summed E-state index contributed by atoms with van der Waals surface area (Å²) < 4.78 is 1.33. The van der Waals surface area contributed by atoms with Crippen LogP contribution in [0.25, 0.3) is 11.1 Å². The van der Waals surface area contributed by atoms with Gasteiger partial charge in [-0.25, -0.2) is 0 Å². The molecule has 0 aromatic carbocycles. The van der Waals surface area contributed by atoms with Crippen molar-refractivity contribution in [2.75, 3.05) is 0 Å². The minimum absolute atomic E-state index is 1.32. The maximum absolute atomic E-state index is 2.36. The lowest BCUT2D eigenvalue weighted by molar-refractivity contribution is 1.79. The lowest BCUT2D eigenvalue weighted by Gasteiger charge is -1.90. The third-order valence-corrected chi connectivity index (χ3v) is 2.68. The van der Waals surface area contributed by atoms with E-state index in [4.69, 9.17) is 0 Å². The van der Waals surface area contributed by atoms with Crippen LogP contribution < -0.4 is 0 Å². The Bertz CT molecular complexity index is 341. The van der Waals surface area contributed by atoms with Crippen molar-refractivity contribution in [2.24, 2.45) is 0 Å². The van der Waals surface area contributed by atoms with Gasteiger partial charge in [-0.1, -0.05) is 36.4 Å². The molecule has 0 radical (unpaired) electrons. The second-order valence-electron chi connectivity index (χ2n) is 2.46. The highest BCUT2D eigenvalue weighted by Gasteiger charge is 2.02. The van der Waals surface area contributed by atoms with E-state index in [1.165, 1.54) is 14.7 Å². The van der Waals surface area contributed by atoms with E-state index in [1.54, 1.807) is 0 Å². The average Bonchev–Trinajstić information content (AvgIpc) is 2.25. The molecule has 0 aliphatic heterocycles. The molecule has 54 valence electrons. The Morgan fingerprint density at radius 2 is 1.64 bits per heavy atom. The largest absolute Gasteiger partial charge is 0.0622 e. The highest BCUT2D eigenvalue weighted by Crippen LogP contribution is 2.27. The standard InChI is InChI=1S/C10H7I/c11-10-7-6-8-4-2-1-3-5-9(8)10/h1-7H. The van der Waals surface area contributed by atoms with Gasteiger partial charge in [0.1, 0.15) is 0 Å². The van der Waals surface area contributed by atoms with Crippen LogP contribution in [0.4, 0.5) is 0 Å². The average molecular weight is 254 g/mol. The van der Waals surface area contributed by atoms with Crippen LogP contribution in [0.5, 0.6) is 0 Å². The second-order valence-corrected chi connectivity index (χ2v) is 3.62. The van der Waals surface area contributed by atoms with Gasteiger partial charge >= 0.3 is 0 Å². The second kappa shape index (κ2) is 2.81. The van der Waals surface area contributed by atoms with Crippen LogP contribution >= 0.6 is 22.6 Å². The van der Waals surface area contributed by atoms with E-state index in [0.29, 0.717) is 0 Å². The van der Waals surface area contributed by atoms with Crippen molar-refractivity contribution >= 4 is 22.6 Å². The highest BCUT2D eigenvalue weighted by molar-refractivity contribution is 14.1. The van der Waals surface area contributed by atoms with Crippen LogP contribution in [0.3, 0.4) is 0 Å². The first-order valence-corrected chi connectivity index (χ1v) is 4.59. The van der Waals surface area contributed by atoms with Crippen LogP contribution in [0.15, 0.2) is 42.5 Å². The van der Waals surface area contributed by atoms with E-state index in [-0.39, 0.29) is 0 Å². The van der Waals surface area contributed by atoms with Gasteiger partial charge in [-0.05, 0) is 39.8 Å². The maximum atomic E-state index is 2.36. The van der Waals surface area contributed by atoms with Crippen molar-refractivity contribution < 1.29 is 0 Å². The summed E-state index contributed by atoms with van der Waals surface area (Å²) in [6.07, 6.45) is 0. The van der Waals surface area contributed by atoms with Gasteiger partial charge in [0.25, 0.3) is 0 Å². The number of fused-ring (bicyclic) bond motifs is 1. The van der Waals surface area contributed by atoms with Crippen LogP contribution in [0.2, 0.25) is 0 Å². The monoisotopic (exact) mass is 254 g/mol. The summed E-state index contributed by atoms with van der Waals surface area (Å²) >= 11 is 2.36. The number of hydrogen-bond acceptors (Lipinski definition) is 0. The number of hydrogen-bond donors (Lipinski definition) is 0. The molecule has 0 unspecified atom stereocenters. The SMILES string of the molecule is Ic1ccc2cccccc1-2. The Hall–Kier alpha value is -0.570. The van der Waals surface area contributed by atoms with Crippen LogP contribution in [0.1, 0.15) is 0 Å². The van der Waals surface area contributed by atoms with Crippen molar-refractivity contribution in [3.8, 4) is 11.1 Å². The minimum atomic E-state index is 1.32. The first-order chi connectivity index (χ1) is 5.38. The van der Waals surface area contributed by atoms with E-state index in [1.807, 2.05) is 0 Å². The molecule has 0 fully saturated rings. The van der Waals surface area contributed by atoms with E-state index in [0.717, 1.165) is 0 Å². The molecule has 1 heteroatoms. The van der Waals surface area contributed by atoms with Gasteiger partial charge in [-0.3, -0.25) is 0 Å². The highest BCUT2D eigenvalue weighted by atomic mass is 127. The predicted octanol–water partition coefficient (Wildman–Crippen LogP) is 3.40. The third-order valence-electron chi connectivity index (χ3n) is 1.74. The van der Waals surface area contributed by atoms with Gasteiger partial charge in [0.15, 0.2) is 0 Å². The lowest BCUT2D eigenvalue weighted by atomic mass is 10.2. The molecule has 2 rings (SSSR count). The normalized spacial score (nSPS) is 10.3. The molecule has 0 heterocycles. The Kier molecular flexibility index (Phi) is 1.82. The van der Waals surface area contributed by atoms with Gasteiger partial charge < -0.3 is 0 Å². The molecular weight excluding hydrogens is 247 g/mol. The molecule has 0 spiro atoms. The van der Waals surface area contributed by atoms with Gasteiger partial charge in [0, 0.05) is 3.57 Å². The predicted molar refractivity (Wildman–Crippen MR) is 55.8 cm³/mol. The van der Waals surface area contributed by atoms with Gasteiger partial charge in [0.2, 0.25) is 0 Å².